The number of aromatic nitrogens is 1. The highest BCUT2D eigenvalue weighted by atomic mass is 35.5. The maximum absolute atomic E-state index is 13.6. The van der Waals surface area contributed by atoms with Crippen LogP contribution in [0.2, 0.25) is 10.0 Å². The Labute approximate surface area is 140 Å². The van der Waals surface area contributed by atoms with Crippen LogP contribution in [0.1, 0.15) is 10.5 Å². The minimum absolute atomic E-state index is 0.0650. The van der Waals surface area contributed by atoms with Crippen LogP contribution in [0.3, 0.4) is 0 Å². The Balaban J connectivity index is 1.89. The lowest BCUT2D eigenvalue weighted by molar-refractivity contribution is 0.0620. The van der Waals surface area contributed by atoms with Gasteiger partial charge in [-0.25, -0.2) is 9.18 Å². The molecule has 2 amide bonds. The first-order valence-electron chi connectivity index (χ1n) is 6.82. The van der Waals surface area contributed by atoms with Gasteiger partial charge in [-0.3, -0.25) is 4.79 Å². The number of nitrogens with zero attached hydrogens (tertiary/aromatic N) is 2. The molecule has 9 heteroatoms. The number of piperazine rings is 1. The first-order chi connectivity index (χ1) is 10.9. The van der Waals surface area contributed by atoms with Crippen molar-refractivity contribution < 1.29 is 19.1 Å². The maximum Gasteiger partial charge on any atom is 0.407 e. The average molecular weight is 360 g/mol. The number of hydrogen-bond donors (Lipinski definition) is 2. The monoisotopic (exact) mass is 359 g/mol. The number of hydrogen-bond acceptors (Lipinski definition) is 2. The zero-order chi connectivity index (χ0) is 16.7. The molecule has 0 atom stereocenters. The fourth-order valence-electron chi connectivity index (χ4n) is 2.59. The smallest absolute Gasteiger partial charge is 0.407 e. The van der Waals surface area contributed by atoms with E-state index in [2.05, 4.69) is 4.98 Å². The van der Waals surface area contributed by atoms with Crippen molar-refractivity contribution in [3.05, 3.63) is 33.7 Å². The van der Waals surface area contributed by atoms with Crippen molar-refractivity contribution >= 4 is 46.1 Å². The highest BCUT2D eigenvalue weighted by Crippen LogP contribution is 2.35. The Bertz CT molecular complexity index is 800. The number of halogens is 3. The number of aromatic amines is 1. The number of carbonyl (C=O) groups is 2. The van der Waals surface area contributed by atoms with Gasteiger partial charge in [-0.05, 0) is 12.1 Å². The predicted molar refractivity (Wildman–Crippen MR) is 83.8 cm³/mol. The Hall–Kier alpha value is -1.99. The minimum atomic E-state index is -1.01. The number of rotatable bonds is 1. The second kappa shape index (κ2) is 5.90. The molecule has 2 aromatic rings. The lowest BCUT2D eigenvalue weighted by Gasteiger charge is -2.32. The van der Waals surface area contributed by atoms with Crippen LogP contribution in [0.4, 0.5) is 9.18 Å². The predicted octanol–water partition coefficient (Wildman–Crippen LogP) is 3.05. The van der Waals surface area contributed by atoms with Gasteiger partial charge >= 0.3 is 6.09 Å². The van der Waals surface area contributed by atoms with Crippen molar-refractivity contribution in [2.45, 2.75) is 0 Å². The molecule has 0 unspecified atom stereocenters. The van der Waals surface area contributed by atoms with Gasteiger partial charge in [-0.2, -0.15) is 0 Å². The Morgan fingerprint density at radius 2 is 1.70 bits per heavy atom. The molecule has 6 nitrogen and oxygen atoms in total. The molecule has 1 aromatic carbocycles. The molecular weight excluding hydrogens is 348 g/mol. The highest BCUT2D eigenvalue weighted by molar-refractivity contribution is 6.44. The van der Waals surface area contributed by atoms with Crippen LogP contribution < -0.4 is 0 Å². The molecule has 2 N–H and O–H groups in total. The van der Waals surface area contributed by atoms with Gasteiger partial charge in [0, 0.05) is 37.1 Å². The second-order valence-corrected chi connectivity index (χ2v) is 5.92. The van der Waals surface area contributed by atoms with E-state index in [-0.39, 0.29) is 53.2 Å². The third kappa shape index (κ3) is 2.70. The van der Waals surface area contributed by atoms with Crippen LogP contribution in [0, 0.1) is 5.82 Å². The third-order valence-corrected chi connectivity index (χ3v) is 4.59. The number of carbonyl (C=O) groups excluding carboxylic acids is 1. The summed E-state index contributed by atoms with van der Waals surface area (Å²) in [5.41, 5.74) is 0.590. The Morgan fingerprint density at radius 1 is 1.09 bits per heavy atom. The molecule has 1 fully saturated rings. The van der Waals surface area contributed by atoms with Crippen LogP contribution in [0.5, 0.6) is 0 Å². The number of benzene rings is 1. The Kier molecular flexibility index (Phi) is 4.08. The summed E-state index contributed by atoms with van der Waals surface area (Å²) in [6, 6.07) is 2.65. The van der Waals surface area contributed by atoms with Crippen molar-refractivity contribution in [2.24, 2.45) is 0 Å². The standard InChI is InChI=1S/C14H12Cl2FN3O3/c15-10-7(17)1-2-8-9(10)11(16)12(18-8)13(21)19-3-5-20(6-4-19)14(22)23/h1-2,18H,3-6H2,(H,22,23). The molecule has 23 heavy (non-hydrogen) atoms. The molecule has 0 bridgehead atoms. The number of H-pyrrole nitrogens is 1. The van der Waals surface area contributed by atoms with Crippen LogP contribution >= 0.6 is 23.2 Å². The largest absolute Gasteiger partial charge is 0.465 e. The third-order valence-electron chi connectivity index (χ3n) is 3.84. The summed E-state index contributed by atoms with van der Waals surface area (Å²) >= 11 is 12.1. The van der Waals surface area contributed by atoms with Gasteiger partial charge in [0.1, 0.15) is 11.5 Å². The molecule has 1 aromatic heterocycles. The summed E-state index contributed by atoms with van der Waals surface area (Å²) in [5.74, 6) is -0.984. The quantitative estimate of drug-likeness (QED) is 0.821. The molecule has 1 saturated heterocycles. The second-order valence-electron chi connectivity index (χ2n) is 5.16. The molecule has 2 heterocycles. The zero-order valence-electron chi connectivity index (χ0n) is 11.8. The van der Waals surface area contributed by atoms with Crippen LogP contribution in [0.15, 0.2) is 12.1 Å². The number of carboxylic acid groups (broad SMARTS) is 1. The SMILES string of the molecule is O=C(O)N1CCN(C(=O)c2[nH]c3ccc(F)c(Cl)c3c2Cl)CC1. The molecule has 0 saturated carbocycles. The fourth-order valence-corrected chi connectivity index (χ4v) is 3.22. The normalized spacial score (nSPS) is 15.3. The number of amides is 2. The summed E-state index contributed by atoms with van der Waals surface area (Å²) in [4.78, 5) is 29.1. The van der Waals surface area contributed by atoms with Gasteiger partial charge in [0.05, 0.1) is 10.0 Å². The molecule has 0 aliphatic carbocycles. The Morgan fingerprint density at radius 3 is 2.30 bits per heavy atom. The van der Waals surface area contributed by atoms with Crippen LogP contribution in [-0.4, -0.2) is 58.1 Å². The maximum atomic E-state index is 13.6. The molecule has 3 rings (SSSR count). The molecule has 0 radical (unpaired) electrons. The van der Waals surface area contributed by atoms with E-state index in [9.17, 15) is 14.0 Å². The van der Waals surface area contributed by atoms with Crippen LogP contribution in [0.25, 0.3) is 10.9 Å². The van der Waals surface area contributed by atoms with E-state index in [4.69, 9.17) is 28.3 Å². The molecule has 1 aliphatic rings. The summed E-state index contributed by atoms with van der Waals surface area (Å²) in [5, 5.41) is 9.11. The van der Waals surface area contributed by atoms with Crippen molar-refractivity contribution in [1.82, 2.24) is 14.8 Å². The molecule has 1 aliphatic heterocycles. The topological polar surface area (TPSA) is 76.6 Å². The van der Waals surface area contributed by atoms with Crippen molar-refractivity contribution in [3.8, 4) is 0 Å². The van der Waals surface area contributed by atoms with E-state index in [1.165, 1.54) is 21.9 Å². The number of fused-ring (bicyclic) bond motifs is 1. The van der Waals surface area contributed by atoms with Crippen molar-refractivity contribution in [1.29, 1.82) is 0 Å². The van der Waals surface area contributed by atoms with Crippen LogP contribution in [-0.2, 0) is 0 Å². The van der Waals surface area contributed by atoms with Crippen molar-refractivity contribution in [3.63, 3.8) is 0 Å². The molecule has 122 valence electrons. The van der Waals surface area contributed by atoms with Gasteiger partial charge in [-0.15, -0.1) is 0 Å². The van der Waals surface area contributed by atoms with Crippen molar-refractivity contribution in [2.75, 3.05) is 26.2 Å². The first kappa shape index (κ1) is 15.9. The van der Waals surface area contributed by atoms with Gasteiger partial charge in [0.15, 0.2) is 0 Å². The summed E-state index contributed by atoms with van der Waals surface area (Å²) in [6.45, 7) is 0.987. The zero-order valence-corrected chi connectivity index (χ0v) is 13.3. The molecule has 0 spiro atoms. The van der Waals surface area contributed by atoms with Gasteiger partial charge in [0.2, 0.25) is 0 Å². The lowest BCUT2D eigenvalue weighted by atomic mass is 10.2. The first-order valence-corrected chi connectivity index (χ1v) is 7.58. The van der Waals surface area contributed by atoms with E-state index in [1.807, 2.05) is 0 Å². The minimum Gasteiger partial charge on any atom is -0.465 e. The van der Waals surface area contributed by atoms with Gasteiger partial charge in [0.25, 0.3) is 5.91 Å². The summed E-state index contributed by atoms with van der Waals surface area (Å²) in [6.07, 6.45) is -1.01. The van der Waals surface area contributed by atoms with E-state index < -0.39 is 11.9 Å². The summed E-state index contributed by atoms with van der Waals surface area (Å²) in [7, 11) is 0. The van der Waals surface area contributed by atoms with E-state index in [0.29, 0.717) is 5.52 Å². The lowest BCUT2D eigenvalue weighted by Crippen LogP contribution is -2.50. The van der Waals surface area contributed by atoms with E-state index >= 15 is 0 Å². The molecular formula is C14H12Cl2FN3O3. The van der Waals surface area contributed by atoms with Gasteiger partial charge in [-0.1, -0.05) is 23.2 Å². The number of nitrogens with one attached hydrogen (secondary N) is 1. The summed E-state index contributed by atoms with van der Waals surface area (Å²) < 4.78 is 13.6. The van der Waals surface area contributed by atoms with E-state index in [0.717, 1.165) is 0 Å². The van der Waals surface area contributed by atoms with Gasteiger partial charge < -0.3 is 19.9 Å². The highest BCUT2D eigenvalue weighted by Gasteiger charge is 2.28. The fraction of sp³-hybridized carbons (Fsp3) is 0.286. The average Bonchev–Trinajstić information content (AvgIpc) is 2.88. The van der Waals surface area contributed by atoms with E-state index in [1.54, 1.807) is 0 Å².